The Morgan fingerprint density at radius 2 is 2.12 bits per heavy atom. The quantitative estimate of drug-likeness (QED) is 0.857. The summed E-state index contributed by atoms with van der Waals surface area (Å²) >= 11 is 0. The minimum Gasteiger partial charge on any atom is -0.312 e. The summed E-state index contributed by atoms with van der Waals surface area (Å²) in [6.45, 7) is 3.38. The summed E-state index contributed by atoms with van der Waals surface area (Å²) < 4.78 is 0. The van der Waals surface area contributed by atoms with Crippen LogP contribution in [0.2, 0.25) is 0 Å². The molecule has 0 bridgehead atoms. The molecule has 1 N–H and O–H groups in total. The molecule has 1 heterocycles. The van der Waals surface area contributed by atoms with E-state index in [-0.39, 0.29) is 0 Å². The third-order valence-corrected chi connectivity index (χ3v) is 4.41. The number of nitrogens with one attached hydrogen (secondary N) is 1. The highest BCUT2D eigenvalue weighted by atomic mass is 15.1. The van der Waals surface area contributed by atoms with Crippen LogP contribution in [-0.4, -0.2) is 31.1 Å². The smallest absolute Gasteiger partial charge is 0.0208 e. The van der Waals surface area contributed by atoms with E-state index in [1.807, 2.05) is 0 Å². The third kappa shape index (κ3) is 2.24. The summed E-state index contributed by atoms with van der Waals surface area (Å²) in [5.74, 6) is 0.672. The van der Waals surface area contributed by atoms with Gasteiger partial charge in [0.15, 0.2) is 0 Å². The van der Waals surface area contributed by atoms with Crippen molar-refractivity contribution in [2.75, 3.05) is 20.1 Å². The Balaban J connectivity index is 1.71. The lowest BCUT2D eigenvalue weighted by molar-refractivity contribution is 0.149. The number of benzene rings is 1. The Labute approximate surface area is 104 Å². The van der Waals surface area contributed by atoms with E-state index in [0.29, 0.717) is 5.92 Å². The topological polar surface area (TPSA) is 15.3 Å². The lowest BCUT2D eigenvalue weighted by Gasteiger charge is -2.38. The van der Waals surface area contributed by atoms with Crippen molar-refractivity contribution in [3.63, 3.8) is 0 Å². The van der Waals surface area contributed by atoms with Crippen LogP contribution in [0.1, 0.15) is 36.3 Å². The van der Waals surface area contributed by atoms with Crippen molar-refractivity contribution in [3.8, 4) is 0 Å². The summed E-state index contributed by atoms with van der Waals surface area (Å²) in [4.78, 5) is 2.57. The van der Waals surface area contributed by atoms with Gasteiger partial charge in [0.05, 0.1) is 0 Å². The monoisotopic (exact) mass is 230 g/mol. The lowest BCUT2D eigenvalue weighted by atomic mass is 9.87. The fraction of sp³-hybridized carbons (Fsp3) is 0.600. The van der Waals surface area contributed by atoms with Crippen LogP contribution in [-0.2, 0) is 6.54 Å². The first-order valence-electron chi connectivity index (χ1n) is 6.83. The Morgan fingerprint density at radius 1 is 1.29 bits per heavy atom. The van der Waals surface area contributed by atoms with Gasteiger partial charge in [-0.25, -0.2) is 0 Å². The van der Waals surface area contributed by atoms with E-state index in [9.17, 15) is 0 Å². The second-order valence-corrected chi connectivity index (χ2v) is 5.55. The second-order valence-electron chi connectivity index (χ2n) is 5.55. The molecular weight excluding hydrogens is 208 g/mol. The third-order valence-electron chi connectivity index (χ3n) is 4.41. The zero-order valence-electron chi connectivity index (χ0n) is 10.7. The van der Waals surface area contributed by atoms with Gasteiger partial charge in [0.1, 0.15) is 0 Å². The van der Waals surface area contributed by atoms with Gasteiger partial charge in [0.25, 0.3) is 0 Å². The van der Waals surface area contributed by atoms with Crippen LogP contribution in [0.15, 0.2) is 24.3 Å². The van der Waals surface area contributed by atoms with Crippen molar-refractivity contribution in [2.45, 2.75) is 37.8 Å². The van der Waals surface area contributed by atoms with E-state index >= 15 is 0 Å². The molecule has 0 spiro atoms. The second kappa shape index (κ2) is 4.79. The van der Waals surface area contributed by atoms with Crippen LogP contribution < -0.4 is 5.32 Å². The highest BCUT2D eigenvalue weighted by Crippen LogP contribution is 2.28. The van der Waals surface area contributed by atoms with Crippen LogP contribution in [0.25, 0.3) is 0 Å². The summed E-state index contributed by atoms with van der Waals surface area (Å²) in [6, 6.07) is 9.76. The summed E-state index contributed by atoms with van der Waals surface area (Å²) in [6.07, 6.45) is 4.23. The molecule has 0 radical (unpaired) electrons. The number of rotatable bonds is 3. The molecule has 1 fully saturated rings. The van der Waals surface area contributed by atoms with Gasteiger partial charge in [0.2, 0.25) is 0 Å². The van der Waals surface area contributed by atoms with Gasteiger partial charge in [-0.3, -0.25) is 0 Å². The minimum atomic E-state index is 0.672. The average molecular weight is 230 g/mol. The van der Waals surface area contributed by atoms with E-state index in [0.717, 1.165) is 19.1 Å². The molecule has 0 saturated heterocycles. The lowest BCUT2D eigenvalue weighted by Crippen LogP contribution is -2.42. The Hall–Kier alpha value is -0.860. The Bertz CT molecular complexity index is 384. The molecule has 1 saturated carbocycles. The molecule has 1 aromatic carbocycles. The van der Waals surface area contributed by atoms with E-state index < -0.39 is 0 Å². The van der Waals surface area contributed by atoms with Crippen LogP contribution in [0, 0.1) is 0 Å². The first kappa shape index (κ1) is 11.2. The molecule has 2 aliphatic rings. The fourth-order valence-corrected chi connectivity index (χ4v) is 3.07. The van der Waals surface area contributed by atoms with E-state index in [2.05, 4.69) is 41.5 Å². The zero-order chi connectivity index (χ0) is 11.7. The molecule has 1 aliphatic heterocycles. The van der Waals surface area contributed by atoms with Crippen molar-refractivity contribution in [1.29, 1.82) is 0 Å². The average Bonchev–Trinajstić information content (AvgIpc) is 2.27. The summed E-state index contributed by atoms with van der Waals surface area (Å²) in [5, 5.41) is 3.54. The van der Waals surface area contributed by atoms with E-state index in [1.165, 1.54) is 31.4 Å². The molecule has 92 valence electrons. The van der Waals surface area contributed by atoms with Gasteiger partial charge in [0, 0.05) is 31.6 Å². The Kier molecular flexibility index (Phi) is 3.17. The zero-order valence-corrected chi connectivity index (χ0v) is 10.7. The summed E-state index contributed by atoms with van der Waals surface area (Å²) in [5.41, 5.74) is 3.06. The van der Waals surface area contributed by atoms with Gasteiger partial charge in [-0.05, 0) is 31.0 Å². The normalized spacial score (nSPS) is 24.5. The minimum absolute atomic E-state index is 0.672. The fourth-order valence-electron chi connectivity index (χ4n) is 3.07. The predicted molar refractivity (Wildman–Crippen MR) is 71.2 cm³/mol. The SMILES string of the molecule is CN(CC1CNCc2ccccc21)C1CCC1. The molecule has 1 aromatic rings. The maximum atomic E-state index is 3.54. The van der Waals surface area contributed by atoms with Gasteiger partial charge in [-0.1, -0.05) is 30.7 Å². The van der Waals surface area contributed by atoms with Crippen LogP contribution >= 0.6 is 0 Å². The molecule has 2 heteroatoms. The number of fused-ring (bicyclic) bond motifs is 1. The van der Waals surface area contributed by atoms with Gasteiger partial charge < -0.3 is 10.2 Å². The number of likely N-dealkylation sites (N-methyl/N-ethyl adjacent to an activating group) is 1. The molecule has 0 aromatic heterocycles. The van der Waals surface area contributed by atoms with Crippen LogP contribution in [0.3, 0.4) is 0 Å². The van der Waals surface area contributed by atoms with E-state index in [4.69, 9.17) is 0 Å². The standard InChI is InChI=1S/C15H22N2/c1-17(14-6-4-7-14)11-13-10-16-9-12-5-2-3-8-15(12)13/h2-3,5,8,13-14,16H,4,6-7,9-11H2,1H3. The molecule has 0 amide bonds. The van der Waals surface area contributed by atoms with Crippen molar-refractivity contribution in [1.82, 2.24) is 10.2 Å². The highest BCUT2D eigenvalue weighted by molar-refractivity contribution is 5.32. The van der Waals surface area contributed by atoms with Crippen molar-refractivity contribution in [3.05, 3.63) is 35.4 Å². The largest absolute Gasteiger partial charge is 0.312 e. The molecule has 3 rings (SSSR count). The predicted octanol–water partition coefficient (Wildman–Crippen LogP) is 2.36. The van der Waals surface area contributed by atoms with Crippen LogP contribution in [0.4, 0.5) is 0 Å². The summed E-state index contributed by atoms with van der Waals surface area (Å²) in [7, 11) is 2.29. The van der Waals surface area contributed by atoms with Gasteiger partial charge >= 0.3 is 0 Å². The molecular formula is C15H22N2. The van der Waals surface area contributed by atoms with E-state index in [1.54, 1.807) is 5.56 Å². The highest BCUT2D eigenvalue weighted by Gasteiger charge is 2.26. The molecule has 1 aliphatic carbocycles. The maximum absolute atomic E-state index is 3.54. The molecule has 1 atom stereocenters. The molecule has 2 nitrogen and oxygen atoms in total. The molecule has 17 heavy (non-hydrogen) atoms. The van der Waals surface area contributed by atoms with Crippen molar-refractivity contribution >= 4 is 0 Å². The first-order valence-corrected chi connectivity index (χ1v) is 6.83. The first-order chi connectivity index (χ1) is 8.34. The molecule has 1 unspecified atom stereocenters. The number of hydrogen-bond donors (Lipinski definition) is 1. The van der Waals surface area contributed by atoms with Gasteiger partial charge in [-0.2, -0.15) is 0 Å². The van der Waals surface area contributed by atoms with Crippen molar-refractivity contribution < 1.29 is 0 Å². The van der Waals surface area contributed by atoms with Crippen LogP contribution in [0.5, 0.6) is 0 Å². The number of hydrogen-bond acceptors (Lipinski definition) is 2. The maximum Gasteiger partial charge on any atom is 0.0208 e. The Morgan fingerprint density at radius 3 is 2.88 bits per heavy atom. The van der Waals surface area contributed by atoms with Crippen molar-refractivity contribution in [2.24, 2.45) is 0 Å². The number of nitrogens with zero attached hydrogens (tertiary/aromatic N) is 1. The van der Waals surface area contributed by atoms with Gasteiger partial charge in [-0.15, -0.1) is 0 Å².